The minimum atomic E-state index is -0.142. The van der Waals surface area contributed by atoms with Crippen LogP contribution >= 0.6 is 0 Å². The first-order valence-electron chi connectivity index (χ1n) is 7.10. The summed E-state index contributed by atoms with van der Waals surface area (Å²) in [7, 11) is 0. The molecule has 4 aromatic rings. The molecular formula is C16H13N5O. The van der Waals surface area contributed by atoms with Crippen LogP contribution in [0.5, 0.6) is 0 Å². The van der Waals surface area contributed by atoms with E-state index < -0.39 is 0 Å². The van der Waals surface area contributed by atoms with Gasteiger partial charge >= 0.3 is 0 Å². The topological polar surface area (TPSA) is 65.1 Å². The average Bonchev–Trinajstić information content (AvgIpc) is 3.00. The van der Waals surface area contributed by atoms with Gasteiger partial charge in [-0.1, -0.05) is 25.1 Å². The highest BCUT2D eigenvalue weighted by Crippen LogP contribution is 2.16. The van der Waals surface area contributed by atoms with Gasteiger partial charge in [0.2, 0.25) is 5.78 Å². The Balaban J connectivity index is 2.27. The van der Waals surface area contributed by atoms with Crippen LogP contribution in [0.1, 0.15) is 12.7 Å². The first kappa shape index (κ1) is 12.7. The summed E-state index contributed by atoms with van der Waals surface area (Å²) in [5.41, 5.74) is 0.674. The zero-order chi connectivity index (χ0) is 15.1. The van der Waals surface area contributed by atoms with Crippen molar-refractivity contribution in [2.24, 2.45) is 0 Å². The molecule has 0 N–H and O–H groups in total. The fourth-order valence-electron chi connectivity index (χ4n) is 2.68. The van der Waals surface area contributed by atoms with E-state index >= 15 is 0 Å². The third-order valence-electron chi connectivity index (χ3n) is 3.69. The second-order valence-corrected chi connectivity index (χ2v) is 4.95. The molecule has 6 nitrogen and oxygen atoms in total. The molecule has 0 radical (unpaired) electrons. The van der Waals surface area contributed by atoms with Crippen molar-refractivity contribution in [1.82, 2.24) is 24.1 Å². The van der Waals surface area contributed by atoms with E-state index in [1.54, 1.807) is 12.3 Å². The van der Waals surface area contributed by atoms with Crippen molar-refractivity contribution in [3.05, 3.63) is 64.8 Å². The molecule has 108 valence electrons. The zero-order valence-corrected chi connectivity index (χ0v) is 12.0. The molecule has 3 aromatic heterocycles. The third-order valence-corrected chi connectivity index (χ3v) is 3.69. The van der Waals surface area contributed by atoms with E-state index in [4.69, 9.17) is 0 Å². The third kappa shape index (κ3) is 1.67. The largest absolute Gasteiger partial charge is 0.268 e. The van der Waals surface area contributed by atoms with E-state index in [-0.39, 0.29) is 5.56 Å². The minimum absolute atomic E-state index is 0.142. The number of aryl methyl sites for hydroxylation is 1. The predicted molar refractivity (Wildman–Crippen MR) is 83.3 cm³/mol. The lowest BCUT2D eigenvalue weighted by Crippen LogP contribution is -2.22. The van der Waals surface area contributed by atoms with Gasteiger partial charge in [-0.3, -0.25) is 9.20 Å². The van der Waals surface area contributed by atoms with Crippen LogP contribution in [0.3, 0.4) is 0 Å². The molecule has 0 spiro atoms. The normalized spacial score (nSPS) is 11.3. The van der Waals surface area contributed by atoms with Gasteiger partial charge in [0.05, 0.1) is 10.9 Å². The van der Waals surface area contributed by atoms with Crippen molar-refractivity contribution >= 4 is 16.7 Å². The number of hydrogen-bond donors (Lipinski definition) is 0. The van der Waals surface area contributed by atoms with Crippen LogP contribution in [0.2, 0.25) is 0 Å². The maximum atomic E-state index is 12.9. The molecule has 0 atom stereocenters. The quantitative estimate of drug-likeness (QED) is 0.566. The molecule has 0 fully saturated rings. The van der Waals surface area contributed by atoms with Crippen molar-refractivity contribution in [3.63, 3.8) is 0 Å². The molecule has 0 aliphatic rings. The first-order chi connectivity index (χ1) is 10.8. The van der Waals surface area contributed by atoms with Gasteiger partial charge in [-0.05, 0) is 24.3 Å². The van der Waals surface area contributed by atoms with Crippen LogP contribution < -0.4 is 5.56 Å². The van der Waals surface area contributed by atoms with Crippen LogP contribution in [-0.4, -0.2) is 24.1 Å². The number of para-hydroxylation sites is 1. The highest BCUT2D eigenvalue weighted by atomic mass is 16.1. The molecule has 0 amide bonds. The van der Waals surface area contributed by atoms with Crippen molar-refractivity contribution in [2.75, 3.05) is 0 Å². The lowest BCUT2D eigenvalue weighted by molar-refractivity contribution is 0.909. The van der Waals surface area contributed by atoms with E-state index in [1.807, 2.05) is 47.7 Å². The van der Waals surface area contributed by atoms with Crippen molar-refractivity contribution < 1.29 is 0 Å². The number of pyridine rings is 1. The smallest absolute Gasteiger partial charge is 0.268 e. The van der Waals surface area contributed by atoms with E-state index in [2.05, 4.69) is 15.2 Å². The lowest BCUT2D eigenvalue weighted by Gasteiger charge is -2.10. The standard InChI is InChI=1S/C16H13N5O/c1-2-13-18-19-16-20(13)12-8-4-3-7-11(12)15(22)21(16)14-9-5-6-10-17-14/h3-10H,2H2,1H3. The van der Waals surface area contributed by atoms with Gasteiger partial charge in [0.1, 0.15) is 11.6 Å². The Morgan fingerprint density at radius 1 is 1.05 bits per heavy atom. The van der Waals surface area contributed by atoms with Crippen molar-refractivity contribution in [2.45, 2.75) is 13.3 Å². The summed E-state index contributed by atoms with van der Waals surface area (Å²) < 4.78 is 3.43. The Labute approximate surface area is 125 Å². The molecule has 22 heavy (non-hydrogen) atoms. The fourth-order valence-corrected chi connectivity index (χ4v) is 2.68. The zero-order valence-electron chi connectivity index (χ0n) is 12.0. The summed E-state index contributed by atoms with van der Waals surface area (Å²) in [5.74, 6) is 1.84. The molecule has 4 rings (SSSR count). The van der Waals surface area contributed by atoms with E-state index in [0.29, 0.717) is 17.0 Å². The van der Waals surface area contributed by atoms with Crippen LogP contribution in [0.15, 0.2) is 53.5 Å². The average molecular weight is 291 g/mol. The molecule has 0 unspecified atom stereocenters. The van der Waals surface area contributed by atoms with E-state index in [1.165, 1.54) is 4.57 Å². The van der Waals surface area contributed by atoms with Gasteiger partial charge in [-0.15, -0.1) is 10.2 Å². The van der Waals surface area contributed by atoms with E-state index in [9.17, 15) is 4.79 Å². The Bertz CT molecular complexity index is 1030. The van der Waals surface area contributed by atoms with Crippen molar-refractivity contribution in [3.8, 4) is 5.82 Å². The number of aromatic nitrogens is 5. The molecule has 0 saturated carbocycles. The van der Waals surface area contributed by atoms with Crippen molar-refractivity contribution in [1.29, 1.82) is 0 Å². The summed E-state index contributed by atoms with van der Waals surface area (Å²) in [4.78, 5) is 17.2. The first-order valence-corrected chi connectivity index (χ1v) is 7.10. The number of fused-ring (bicyclic) bond motifs is 3. The monoisotopic (exact) mass is 291 g/mol. The molecule has 0 saturated heterocycles. The van der Waals surface area contributed by atoms with Gasteiger partial charge in [0, 0.05) is 12.6 Å². The predicted octanol–water partition coefficient (Wildman–Crippen LogP) is 1.99. The molecule has 0 aliphatic carbocycles. The second-order valence-electron chi connectivity index (χ2n) is 4.95. The van der Waals surface area contributed by atoms with E-state index in [0.717, 1.165) is 17.8 Å². The van der Waals surface area contributed by atoms with Crippen LogP contribution in [0.4, 0.5) is 0 Å². The molecule has 0 aliphatic heterocycles. The second kappa shape index (κ2) is 4.77. The SMILES string of the molecule is CCc1nnc2n(-c3ccccn3)c(=O)c3ccccc3n12. The Kier molecular flexibility index (Phi) is 2.75. The van der Waals surface area contributed by atoms with Gasteiger partial charge in [-0.25, -0.2) is 9.55 Å². The molecule has 3 heterocycles. The van der Waals surface area contributed by atoms with Crippen LogP contribution in [0.25, 0.3) is 22.5 Å². The summed E-state index contributed by atoms with van der Waals surface area (Å²) >= 11 is 0. The van der Waals surface area contributed by atoms with Crippen LogP contribution in [-0.2, 0) is 6.42 Å². The number of rotatable bonds is 2. The van der Waals surface area contributed by atoms with Gasteiger partial charge in [0.25, 0.3) is 5.56 Å². The summed E-state index contributed by atoms with van der Waals surface area (Å²) in [5, 5.41) is 9.05. The number of hydrogen-bond acceptors (Lipinski definition) is 4. The molecule has 6 heteroatoms. The highest BCUT2D eigenvalue weighted by Gasteiger charge is 2.16. The number of benzene rings is 1. The maximum Gasteiger partial charge on any atom is 0.268 e. The fraction of sp³-hybridized carbons (Fsp3) is 0.125. The lowest BCUT2D eigenvalue weighted by atomic mass is 10.2. The summed E-state index contributed by atoms with van der Waals surface area (Å²) in [6.07, 6.45) is 2.39. The number of nitrogens with zero attached hydrogens (tertiary/aromatic N) is 5. The summed E-state index contributed by atoms with van der Waals surface area (Å²) in [6.45, 7) is 2.02. The Morgan fingerprint density at radius 3 is 2.64 bits per heavy atom. The molecule has 1 aromatic carbocycles. The van der Waals surface area contributed by atoms with Gasteiger partial charge in [-0.2, -0.15) is 0 Å². The van der Waals surface area contributed by atoms with Crippen LogP contribution in [0, 0.1) is 0 Å². The Morgan fingerprint density at radius 2 is 1.86 bits per heavy atom. The summed E-state index contributed by atoms with van der Waals surface area (Å²) in [6, 6.07) is 12.9. The van der Waals surface area contributed by atoms with Gasteiger partial charge in [0.15, 0.2) is 0 Å². The Hall–Kier alpha value is -3.02. The molecular weight excluding hydrogens is 278 g/mol. The minimum Gasteiger partial charge on any atom is -0.268 e. The highest BCUT2D eigenvalue weighted by molar-refractivity contribution is 5.80. The maximum absolute atomic E-state index is 12.9. The van der Waals surface area contributed by atoms with Gasteiger partial charge < -0.3 is 0 Å². The molecule has 0 bridgehead atoms.